The van der Waals surface area contributed by atoms with Crippen LogP contribution in [0.25, 0.3) is 0 Å². The summed E-state index contributed by atoms with van der Waals surface area (Å²) in [5.74, 6) is -0.205. The third kappa shape index (κ3) is 4.78. The van der Waals surface area contributed by atoms with E-state index in [0.29, 0.717) is 10.8 Å². The van der Waals surface area contributed by atoms with Crippen molar-refractivity contribution >= 4 is 27.7 Å². The molecule has 0 aromatic heterocycles. The predicted octanol–water partition coefficient (Wildman–Crippen LogP) is 2.47. The van der Waals surface area contributed by atoms with Crippen LogP contribution < -0.4 is 5.48 Å². The molecule has 1 N–H and O–H groups in total. The van der Waals surface area contributed by atoms with Gasteiger partial charge in [-0.3, -0.25) is 4.79 Å². The smallest absolute Gasteiger partial charge is 0.292 e. The number of carbonyl (C=O) groups is 1. The Labute approximate surface area is 140 Å². The van der Waals surface area contributed by atoms with Crippen LogP contribution in [0.5, 0.6) is 0 Å². The first-order valence-electron chi connectivity index (χ1n) is 7.13. The summed E-state index contributed by atoms with van der Waals surface area (Å²) in [5.41, 5.74) is 2.89. The molecule has 0 heterocycles. The summed E-state index contributed by atoms with van der Waals surface area (Å²) in [6.45, 7) is 1.57. The SMILES string of the molecule is CS[C@H]1C=CC(C(=O)C(C)NOS(=O)(=O)c2ccccc2)=CC1. The van der Waals surface area contributed by atoms with Crippen LogP contribution in [0.2, 0.25) is 0 Å². The van der Waals surface area contributed by atoms with Gasteiger partial charge >= 0.3 is 10.1 Å². The maximum Gasteiger partial charge on any atom is 0.312 e. The lowest BCUT2D eigenvalue weighted by Gasteiger charge is -2.17. The molecule has 5 nitrogen and oxygen atoms in total. The molecular formula is C16H19NO4S2. The minimum absolute atomic E-state index is 0.0340. The van der Waals surface area contributed by atoms with E-state index in [2.05, 4.69) is 5.48 Å². The van der Waals surface area contributed by atoms with Crippen molar-refractivity contribution in [1.29, 1.82) is 0 Å². The predicted molar refractivity (Wildman–Crippen MR) is 91.5 cm³/mol. The molecule has 0 saturated heterocycles. The van der Waals surface area contributed by atoms with Crippen LogP contribution in [0.15, 0.2) is 59.0 Å². The Morgan fingerprint density at radius 2 is 2.04 bits per heavy atom. The van der Waals surface area contributed by atoms with E-state index in [1.54, 1.807) is 43.0 Å². The molecule has 124 valence electrons. The molecule has 1 aliphatic rings. The van der Waals surface area contributed by atoms with E-state index in [1.807, 2.05) is 18.4 Å². The zero-order chi connectivity index (χ0) is 16.9. The van der Waals surface area contributed by atoms with Gasteiger partial charge in [0.15, 0.2) is 5.78 Å². The second kappa shape index (κ2) is 7.92. The maximum absolute atomic E-state index is 12.3. The van der Waals surface area contributed by atoms with Gasteiger partial charge < -0.3 is 0 Å². The first-order chi connectivity index (χ1) is 10.9. The summed E-state index contributed by atoms with van der Waals surface area (Å²) >= 11 is 1.72. The number of benzene rings is 1. The van der Waals surface area contributed by atoms with Crippen LogP contribution in [-0.4, -0.2) is 31.7 Å². The van der Waals surface area contributed by atoms with Gasteiger partial charge in [-0.25, -0.2) is 0 Å². The zero-order valence-corrected chi connectivity index (χ0v) is 14.6. The summed E-state index contributed by atoms with van der Waals surface area (Å²) in [5, 5.41) is 0.379. The Kier molecular flexibility index (Phi) is 6.17. The molecule has 0 spiro atoms. The van der Waals surface area contributed by atoms with Gasteiger partial charge in [-0.2, -0.15) is 29.9 Å². The van der Waals surface area contributed by atoms with Crippen molar-refractivity contribution in [3.05, 3.63) is 54.1 Å². The lowest BCUT2D eigenvalue weighted by molar-refractivity contribution is -0.118. The zero-order valence-electron chi connectivity index (χ0n) is 12.9. The molecule has 2 rings (SSSR count). The summed E-state index contributed by atoms with van der Waals surface area (Å²) in [6.07, 6.45) is 8.42. The standard InChI is InChI=1S/C16H19NO4S2/c1-12(16(18)13-8-10-14(22-2)11-9-13)17-21-23(19,20)15-6-4-3-5-7-15/h3-10,12,14,17H,11H2,1-2H3/t12?,14-/m0/s1. The Morgan fingerprint density at radius 3 is 2.61 bits per heavy atom. The van der Waals surface area contributed by atoms with E-state index < -0.39 is 16.2 Å². The highest BCUT2D eigenvalue weighted by atomic mass is 32.2. The van der Waals surface area contributed by atoms with E-state index in [1.165, 1.54) is 12.1 Å². The lowest BCUT2D eigenvalue weighted by atomic mass is 10.00. The van der Waals surface area contributed by atoms with E-state index >= 15 is 0 Å². The molecule has 1 aromatic carbocycles. The number of nitrogens with one attached hydrogen (secondary N) is 1. The Balaban J connectivity index is 1.95. The molecule has 1 aromatic rings. The topological polar surface area (TPSA) is 72.5 Å². The van der Waals surface area contributed by atoms with Gasteiger partial charge in [0.1, 0.15) is 0 Å². The number of allylic oxidation sites excluding steroid dienone is 2. The number of hydrogen-bond acceptors (Lipinski definition) is 6. The van der Waals surface area contributed by atoms with Gasteiger partial charge in [-0.15, -0.1) is 0 Å². The van der Waals surface area contributed by atoms with Crippen molar-refractivity contribution in [2.45, 2.75) is 29.5 Å². The van der Waals surface area contributed by atoms with E-state index in [9.17, 15) is 13.2 Å². The molecule has 2 atom stereocenters. The fourth-order valence-electron chi connectivity index (χ4n) is 2.03. The second-order valence-corrected chi connectivity index (χ2v) is 7.71. The largest absolute Gasteiger partial charge is 0.312 e. The fraction of sp³-hybridized carbons (Fsp3) is 0.312. The van der Waals surface area contributed by atoms with Crippen LogP contribution in [0.1, 0.15) is 13.3 Å². The molecule has 0 aliphatic heterocycles. The van der Waals surface area contributed by atoms with Crippen LogP contribution >= 0.6 is 11.8 Å². The quantitative estimate of drug-likeness (QED) is 0.759. The number of hydroxylamine groups is 1. The minimum Gasteiger partial charge on any atom is -0.292 e. The Hall–Kier alpha value is -1.41. The average Bonchev–Trinajstić information content (AvgIpc) is 2.60. The average molecular weight is 353 g/mol. The third-order valence-electron chi connectivity index (χ3n) is 3.41. The highest BCUT2D eigenvalue weighted by Crippen LogP contribution is 2.21. The highest BCUT2D eigenvalue weighted by molar-refractivity contribution is 7.99. The molecule has 1 aliphatic carbocycles. The van der Waals surface area contributed by atoms with Crippen LogP contribution in [-0.2, 0) is 19.2 Å². The van der Waals surface area contributed by atoms with Crippen molar-refractivity contribution in [1.82, 2.24) is 5.48 Å². The van der Waals surface area contributed by atoms with Crippen molar-refractivity contribution in [2.24, 2.45) is 0 Å². The lowest BCUT2D eigenvalue weighted by Crippen LogP contribution is -2.36. The van der Waals surface area contributed by atoms with Crippen molar-refractivity contribution in [3.8, 4) is 0 Å². The first kappa shape index (κ1) is 17.9. The van der Waals surface area contributed by atoms with Gasteiger partial charge in [-0.05, 0) is 31.7 Å². The van der Waals surface area contributed by atoms with E-state index in [-0.39, 0.29) is 10.7 Å². The summed E-state index contributed by atoms with van der Waals surface area (Å²) in [7, 11) is -3.94. The molecule has 1 unspecified atom stereocenters. The number of ketones is 1. The van der Waals surface area contributed by atoms with Crippen LogP contribution in [0.3, 0.4) is 0 Å². The second-order valence-electron chi connectivity index (χ2n) is 5.08. The number of rotatable bonds is 7. The normalized spacial score (nSPS) is 19.2. The summed E-state index contributed by atoms with van der Waals surface area (Å²) < 4.78 is 28.8. The number of hydrogen-bond donors (Lipinski definition) is 1. The van der Waals surface area contributed by atoms with Crippen molar-refractivity contribution in [3.63, 3.8) is 0 Å². The molecule has 0 bridgehead atoms. The monoisotopic (exact) mass is 353 g/mol. The van der Waals surface area contributed by atoms with Crippen LogP contribution in [0, 0.1) is 0 Å². The van der Waals surface area contributed by atoms with Gasteiger partial charge in [0, 0.05) is 10.8 Å². The first-order valence-corrected chi connectivity index (χ1v) is 9.83. The van der Waals surface area contributed by atoms with Gasteiger partial charge in [0.05, 0.1) is 10.9 Å². The Morgan fingerprint density at radius 1 is 1.35 bits per heavy atom. The molecule has 0 fully saturated rings. The van der Waals surface area contributed by atoms with Crippen molar-refractivity contribution < 1.29 is 17.5 Å². The molecule has 23 heavy (non-hydrogen) atoms. The summed E-state index contributed by atoms with van der Waals surface area (Å²) in [6, 6.07) is 7.00. The minimum atomic E-state index is -3.94. The fourth-order valence-corrected chi connectivity index (χ4v) is 3.41. The van der Waals surface area contributed by atoms with Crippen molar-refractivity contribution in [2.75, 3.05) is 6.26 Å². The molecule has 0 radical (unpaired) electrons. The van der Waals surface area contributed by atoms with Crippen LogP contribution in [0.4, 0.5) is 0 Å². The summed E-state index contributed by atoms with van der Waals surface area (Å²) in [4.78, 5) is 12.3. The van der Waals surface area contributed by atoms with Gasteiger partial charge in [-0.1, -0.05) is 36.4 Å². The molecule has 7 heteroatoms. The molecule has 0 amide bonds. The third-order valence-corrected chi connectivity index (χ3v) is 5.53. The Bertz CT molecular complexity index is 711. The highest BCUT2D eigenvalue weighted by Gasteiger charge is 2.22. The van der Waals surface area contributed by atoms with E-state index in [4.69, 9.17) is 4.28 Å². The molecular weight excluding hydrogens is 334 g/mol. The number of Topliss-reactive ketones (excluding diaryl/α,β-unsaturated/α-hetero) is 1. The molecule has 0 saturated carbocycles. The maximum atomic E-state index is 12.3. The van der Waals surface area contributed by atoms with Gasteiger partial charge in [0.2, 0.25) is 0 Å². The van der Waals surface area contributed by atoms with Gasteiger partial charge in [0.25, 0.3) is 0 Å². The number of carbonyl (C=O) groups excluding carboxylic acids is 1. The number of thioether (sulfide) groups is 1. The van der Waals surface area contributed by atoms with E-state index in [0.717, 1.165) is 6.42 Å².